The van der Waals surface area contributed by atoms with Gasteiger partial charge in [-0.1, -0.05) is 0 Å². The van der Waals surface area contributed by atoms with Crippen LogP contribution in [0.3, 0.4) is 0 Å². The van der Waals surface area contributed by atoms with Crippen LogP contribution in [0.25, 0.3) is 0 Å². The van der Waals surface area contributed by atoms with Gasteiger partial charge in [0.25, 0.3) is 0 Å². The van der Waals surface area contributed by atoms with Crippen molar-refractivity contribution in [3.8, 4) is 0 Å². The van der Waals surface area contributed by atoms with Crippen molar-refractivity contribution in [2.45, 2.75) is 49.3 Å². The van der Waals surface area contributed by atoms with Gasteiger partial charge in [0, 0.05) is 0 Å². The first-order valence-electron chi connectivity index (χ1n) is 4.05. The van der Waals surface area contributed by atoms with Gasteiger partial charge in [-0.05, 0) is 0 Å². The molecule has 0 aromatic carbocycles. The van der Waals surface area contributed by atoms with Gasteiger partial charge in [-0.25, -0.2) is 0 Å². The van der Waals surface area contributed by atoms with Crippen LogP contribution in [0.15, 0.2) is 0 Å². The van der Waals surface area contributed by atoms with E-state index in [2.05, 4.69) is 41.5 Å². The molecule has 6 heteroatoms. The molecule has 0 aliphatic carbocycles. The van der Waals surface area contributed by atoms with Gasteiger partial charge in [-0.2, -0.15) is 7.82 Å². The maximum atomic E-state index is 8.55. The minimum absolute atomic E-state index is 0.534. The Bertz CT molecular complexity index is 178. The number of phosphoric acid groups is 1. The van der Waals surface area contributed by atoms with Crippen molar-refractivity contribution < 1.29 is 37.2 Å². The van der Waals surface area contributed by atoms with E-state index in [1.54, 1.807) is 0 Å². The van der Waals surface area contributed by atoms with E-state index >= 15 is 0 Å². The quantitative estimate of drug-likeness (QED) is 0.486. The van der Waals surface area contributed by atoms with Crippen LogP contribution in [0.2, 0.25) is 7.78 Å². The molecule has 0 aliphatic rings. The van der Waals surface area contributed by atoms with Gasteiger partial charge in [0.2, 0.25) is 0 Å². The molecule has 0 aliphatic heterocycles. The normalized spacial score (nSPS) is 13.2. The first kappa shape index (κ1) is 17.2. The zero-order chi connectivity index (χ0) is 12.2. The fraction of sp³-hybridized carbons (Fsp3) is 1.00. The molecule has 0 radical (unpaired) electrons. The molecule has 0 atom stereocenters. The summed E-state index contributed by atoms with van der Waals surface area (Å²) in [5, 5.41) is 0. The van der Waals surface area contributed by atoms with Crippen LogP contribution in [0.1, 0.15) is 41.5 Å². The van der Waals surface area contributed by atoms with Gasteiger partial charge in [-0.15, -0.1) is 0 Å². The fourth-order valence-electron chi connectivity index (χ4n) is 0.712. The van der Waals surface area contributed by atoms with E-state index in [-0.39, 0.29) is 0 Å². The molecular formula is C8H18O4PPd. The van der Waals surface area contributed by atoms with E-state index in [1.165, 1.54) is 0 Å². The Morgan fingerprint density at radius 3 is 1.00 bits per heavy atom. The van der Waals surface area contributed by atoms with E-state index in [1.807, 2.05) is 0 Å². The molecule has 0 unspecified atom stereocenters. The SMILES string of the molecule is C[C](C)(C)[Pd+3][C](C)(C)C.O=P([O-])([O-])[O-]. The third kappa shape index (κ3) is 38.6. The molecule has 0 N–H and O–H groups in total. The van der Waals surface area contributed by atoms with Crippen molar-refractivity contribution in [1.29, 1.82) is 0 Å². The fourth-order valence-corrected chi connectivity index (χ4v) is 4.21. The first-order valence-corrected chi connectivity index (χ1v) is 7.06. The topological polar surface area (TPSA) is 86.2 Å². The standard InChI is InChI=1S/2C4H9.H3O4P.Pd/c2*1-4(2)3;1-5(2,3)4;/h2*1-3H3;(H3,1,2,3,4);/q;;;+3/p-3. The largest absolute Gasteiger partial charge is 0.822 e. The van der Waals surface area contributed by atoms with Crippen LogP contribution in [-0.2, 0) is 22.5 Å². The van der Waals surface area contributed by atoms with Crippen molar-refractivity contribution in [2.24, 2.45) is 0 Å². The summed E-state index contributed by atoms with van der Waals surface area (Å²) in [5.41, 5.74) is 0. The Labute approximate surface area is 94.5 Å². The third-order valence-corrected chi connectivity index (χ3v) is 2.81. The molecule has 0 saturated carbocycles. The summed E-state index contributed by atoms with van der Waals surface area (Å²) in [4.78, 5) is 25.6. The molecule has 4 nitrogen and oxygen atoms in total. The van der Waals surface area contributed by atoms with Gasteiger partial charge < -0.3 is 19.2 Å². The van der Waals surface area contributed by atoms with Crippen LogP contribution in [0, 0.1) is 0 Å². The summed E-state index contributed by atoms with van der Waals surface area (Å²) in [7, 11) is -5.39. The summed E-state index contributed by atoms with van der Waals surface area (Å²) >= 11 is 0.858. The predicted octanol–water partition coefficient (Wildman–Crippen LogP) is 0.681. The molecule has 0 spiro atoms. The maximum Gasteiger partial charge on any atom is -0.159 e. The van der Waals surface area contributed by atoms with Crippen molar-refractivity contribution in [3.63, 3.8) is 0 Å². The summed E-state index contributed by atoms with van der Waals surface area (Å²) in [5.74, 6) is 0. The molecule has 0 amide bonds. The van der Waals surface area contributed by atoms with E-state index < -0.39 is 7.82 Å². The Balaban J connectivity index is 0. The Hall–Kier alpha value is 0.772. The van der Waals surface area contributed by atoms with E-state index in [0.717, 1.165) is 18.0 Å². The average molecular weight is 316 g/mol. The summed E-state index contributed by atoms with van der Waals surface area (Å²) in [6, 6.07) is 0. The minimum atomic E-state index is -5.39. The average Bonchev–Trinajstić information content (AvgIpc) is 1.42. The first-order chi connectivity index (χ1) is 5.71. The van der Waals surface area contributed by atoms with E-state index in [0.29, 0.717) is 7.78 Å². The molecule has 0 bridgehead atoms. The predicted molar refractivity (Wildman–Crippen MR) is 47.0 cm³/mol. The Kier molecular flexibility index (Phi) is 7.05. The maximum absolute atomic E-state index is 8.55. The van der Waals surface area contributed by atoms with E-state index in [4.69, 9.17) is 19.2 Å². The van der Waals surface area contributed by atoms with Crippen molar-refractivity contribution >= 4 is 7.82 Å². The monoisotopic (exact) mass is 315 g/mol. The van der Waals surface area contributed by atoms with Crippen molar-refractivity contribution in [2.75, 3.05) is 0 Å². The van der Waals surface area contributed by atoms with Crippen LogP contribution >= 0.6 is 7.82 Å². The van der Waals surface area contributed by atoms with E-state index in [9.17, 15) is 0 Å². The smallest absolute Gasteiger partial charge is 0.159 e. The Morgan fingerprint density at radius 2 is 1.00 bits per heavy atom. The second-order valence-corrected chi connectivity index (χ2v) is 10.4. The van der Waals surface area contributed by atoms with Crippen LogP contribution in [0.4, 0.5) is 0 Å². The van der Waals surface area contributed by atoms with Gasteiger partial charge in [0.15, 0.2) is 0 Å². The molecule has 0 rings (SSSR count). The van der Waals surface area contributed by atoms with Crippen molar-refractivity contribution in [1.82, 2.24) is 0 Å². The molecule has 0 heterocycles. The third-order valence-electron chi connectivity index (χ3n) is 0.474. The second kappa shape index (κ2) is 5.75. The van der Waals surface area contributed by atoms with Crippen LogP contribution < -0.4 is 14.7 Å². The molecule has 0 aromatic heterocycles. The zero-order valence-corrected chi connectivity index (χ0v) is 11.8. The van der Waals surface area contributed by atoms with Gasteiger partial charge >= 0.3 is 67.3 Å². The zero-order valence-electron chi connectivity index (χ0n) is 9.40. The molecule has 0 saturated heterocycles. The summed E-state index contributed by atoms with van der Waals surface area (Å²) in [6.07, 6.45) is 0. The number of hydrogen-bond acceptors (Lipinski definition) is 4. The van der Waals surface area contributed by atoms with Crippen LogP contribution in [-0.4, -0.2) is 0 Å². The number of hydrogen-bond donors (Lipinski definition) is 0. The van der Waals surface area contributed by atoms with Gasteiger partial charge in [0.1, 0.15) is 0 Å². The van der Waals surface area contributed by atoms with Crippen molar-refractivity contribution in [3.05, 3.63) is 0 Å². The van der Waals surface area contributed by atoms with Gasteiger partial charge in [-0.3, -0.25) is 0 Å². The molecule has 0 aromatic rings. The second-order valence-electron chi connectivity index (χ2n) is 4.47. The summed E-state index contributed by atoms with van der Waals surface area (Å²) < 4.78 is 9.62. The molecule has 89 valence electrons. The summed E-state index contributed by atoms with van der Waals surface area (Å²) in [6.45, 7) is 13.9. The van der Waals surface area contributed by atoms with Gasteiger partial charge in [0.05, 0.1) is 0 Å². The minimum Gasteiger partial charge on any atom is -0.822 e. The number of rotatable bonds is 0. The Morgan fingerprint density at radius 1 is 0.857 bits per heavy atom. The molecule has 0 fully saturated rings. The molecular weight excluding hydrogens is 297 g/mol. The van der Waals surface area contributed by atoms with Crippen LogP contribution in [0.5, 0.6) is 0 Å². The molecule has 14 heavy (non-hydrogen) atoms.